The number of fused-ring (bicyclic) bond motifs is 1. The van der Waals surface area contributed by atoms with E-state index in [0.29, 0.717) is 16.7 Å². The fourth-order valence-corrected chi connectivity index (χ4v) is 3.82. The van der Waals surface area contributed by atoms with Crippen molar-refractivity contribution in [2.45, 2.75) is 18.4 Å². The molecule has 24 heavy (non-hydrogen) atoms. The quantitative estimate of drug-likeness (QED) is 0.774. The molecule has 3 aromatic rings. The number of nitrogens with zero attached hydrogens (tertiary/aromatic N) is 1. The molecule has 1 heterocycles. The second-order valence-corrected chi connectivity index (χ2v) is 7.15. The van der Waals surface area contributed by atoms with Crippen LogP contribution in [-0.2, 0) is 16.6 Å². The summed E-state index contributed by atoms with van der Waals surface area (Å²) in [6.45, 7) is 2.07. The van der Waals surface area contributed by atoms with Crippen LogP contribution < -0.4 is 9.46 Å². The van der Waals surface area contributed by atoms with Crippen LogP contribution in [0, 0.1) is 6.92 Å². The molecule has 1 N–H and O–H groups in total. The van der Waals surface area contributed by atoms with Crippen LogP contribution in [0.15, 0.2) is 59.6 Å². The van der Waals surface area contributed by atoms with Gasteiger partial charge in [0.25, 0.3) is 0 Å². The second kappa shape index (κ2) is 6.59. The van der Waals surface area contributed by atoms with Gasteiger partial charge in [-0.1, -0.05) is 24.3 Å². The van der Waals surface area contributed by atoms with Crippen molar-refractivity contribution in [3.05, 3.63) is 65.9 Å². The zero-order valence-corrected chi connectivity index (χ0v) is 14.3. The van der Waals surface area contributed by atoms with E-state index in [1.807, 2.05) is 25.1 Å². The number of para-hydroxylation sites is 1. The van der Waals surface area contributed by atoms with Crippen molar-refractivity contribution in [3.8, 4) is 5.75 Å². The fourth-order valence-electron chi connectivity index (χ4n) is 2.62. The Kier molecular flexibility index (Phi) is 4.51. The van der Waals surface area contributed by atoms with E-state index in [2.05, 4.69) is 9.71 Å². The zero-order valence-electron chi connectivity index (χ0n) is 13.5. The number of aryl methyl sites for hydroxylation is 1. The number of aromatic nitrogens is 1. The smallest absolute Gasteiger partial charge is 0.241 e. The first-order valence-electron chi connectivity index (χ1n) is 7.49. The van der Waals surface area contributed by atoms with Crippen LogP contribution in [0.25, 0.3) is 10.9 Å². The average molecular weight is 342 g/mol. The summed E-state index contributed by atoms with van der Waals surface area (Å²) in [5, 5.41) is 0.616. The molecule has 0 aliphatic rings. The highest BCUT2D eigenvalue weighted by Gasteiger charge is 2.18. The molecule has 0 saturated carbocycles. The second-order valence-electron chi connectivity index (χ2n) is 5.42. The van der Waals surface area contributed by atoms with Gasteiger partial charge in [-0.05, 0) is 36.8 Å². The molecule has 0 aliphatic carbocycles. The lowest BCUT2D eigenvalue weighted by Gasteiger charge is -2.12. The molecular formula is C18H18N2O3S. The van der Waals surface area contributed by atoms with E-state index in [0.717, 1.165) is 11.1 Å². The van der Waals surface area contributed by atoms with Crippen molar-refractivity contribution in [1.82, 2.24) is 9.71 Å². The summed E-state index contributed by atoms with van der Waals surface area (Å²) >= 11 is 0. The highest BCUT2D eigenvalue weighted by Crippen LogP contribution is 2.25. The Hall–Kier alpha value is -2.44. The molecule has 0 amide bonds. The number of benzene rings is 2. The highest BCUT2D eigenvalue weighted by atomic mass is 32.2. The predicted molar refractivity (Wildman–Crippen MR) is 93.5 cm³/mol. The Morgan fingerprint density at radius 1 is 1.08 bits per heavy atom. The maximum Gasteiger partial charge on any atom is 0.241 e. The van der Waals surface area contributed by atoms with Crippen molar-refractivity contribution in [2.24, 2.45) is 0 Å². The van der Waals surface area contributed by atoms with E-state index in [4.69, 9.17) is 4.74 Å². The van der Waals surface area contributed by atoms with E-state index < -0.39 is 10.0 Å². The summed E-state index contributed by atoms with van der Waals surface area (Å²) in [5.41, 5.74) is 2.41. The molecule has 0 radical (unpaired) electrons. The zero-order chi connectivity index (χ0) is 17.2. The van der Waals surface area contributed by atoms with Crippen molar-refractivity contribution < 1.29 is 13.2 Å². The third-order valence-corrected chi connectivity index (χ3v) is 5.33. The minimum Gasteiger partial charge on any atom is -0.496 e. The van der Waals surface area contributed by atoms with Crippen molar-refractivity contribution >= 4 is 20.9 Å². The molecule has 1 aromatic heterocycles. The van der Waals surface area contributed by atoms with E-state index in [1.54, 1.807) is 43.6 Å². The topological polar surface area (TPSA) is 68.3 Å². The number of rotatable bonds is 5. The third kappa shape index (κ3) is 3.11. The standard InChI is InChI=1S/C18H18N2O3S/c1-13-9-10-17(15-7-5-11-19-18(13)15)24(21,22)20-12-14-6-3-4-8-16(14)23-2/h3-11,20H,12H2,1-2H3. The maximum absolute atomic E-state index is 12.8. The number of hydrogen-bond donors (Lipinski definition) is 1. The maximum atomic E-state index is 12.8. The lowest BCUT2D eigenvalue weighted by atomic mass is 10.1. The predicted octanol–water partition coefficient (Wildman–Crippen LogP) is 3.03. The van der Waals surface area contributed by atoms with Crippen molar-refractivity contribution in [2.75, 3.05) is 7.11 Å². The summed E-state index contributed by atoms with van der Waals surface area (Å²) in [6, 6.07) is 14.2. The van der Waals surface area contributed by atoms with Gasteiger partial charge in [0.1, 0.15) is 5.75 Å². The Bertz CT molecular complexity index is 984. The molecule has 0 bridgehead atoms. The van der Waals surface area contributed by atoms with Crippen LogP contribution in [-0.4, -0.2) is 20.5 Å². The normalized spacial score (nSPS) is 11.6. The molecule has 3 rings (SSSR count). The molecule has 124 valence electrons. The van der Waals surface area contributed by atoms with Gasteiger partial charge in [0.05, 0.1) is 17.5 Å². The first kappa shape index (κ1) is 16.4. The van der Waals surface area contributed by atoms with Gasteiger partial charge in [-0.3, -0.25) is 4.98 Å². The van der Waals surface area contributed by atoms with Gasteiger partial charge in [-0.15, -0.1) is 0 Å². The molecule has 6 heteroatoms. The van der Waals surface area contributed by atoms with Gasteiger partial charge in [-0.25, -0.2) is 13.1 Å². The van der Waals surface area contributed by atoms with Gasteiger partial charge in [-0.2, -0.15) is 0 Å². The molecule has 0 atom stereocenters. The van der Waals surface area contributed by atoms with Gasteiger partial charge in [0, 0.05) is 23.7 Å². The van der Waals surface area contributed by atoms with Gasteiger partial charge in [0.15, 0.2) is 0 Å². The summed E-state index contributed by atoms with van der Waals surface area (Å²) in [4.78, 5) is 4.52. The molecule has 0 spiro atoms. The largest absolute Gasteiger partial charge is 0.496 e. The first-order valence-corrected chi connectivity index (χ1v) is 8.97. The summed E-state index contributed by atoms with van der Waals surface area (Å²) in [6.07, 6.45) is 1.66. The van der Waals surface area contributed by atoms with Crippen LogP contribution in [0.4, 0.5) is 0 Å². The number of methoxy groups -OCH3 is 1. The molecule has 0 fully saturated rings. The van der Waals surface area contributed by atoms with Gasteiger partial charge < -0.3 is 4.74 Å². The van der Waals surface area contributed by atoms with E-state index in [1.165, 1.54) is 0 Å². The van der Waals surface area contributed by atoms with Crippen LogP contribution in [0.3, 0.4) is 0 Å². The SMILES string of the molecule is COc1ccccc1CNS(=O)(=O)c1ccc(C)c2ncccc12. The van der Waals surface area contributed by atoms with E-state index >= 15 is 0 Å². The third-order valence-electron chi connectivity index (χ3n) is 3.87. The summed E-state index contributed by atoms with van der Waals surface area (Å²) < 4.78 is 33.4. The number of ether oxygens (including phenoxy) is 1. The Morgan fingerprint density at radius 2 is 1.88 bits per heavy atom. The average Bonchev–Trinajstić information content (AvgIpc) is 2.60. The number of pyridine rings is 1. The molecule has 5 nitrogen and oxygen atoms in total. The Labute approximate surface area is 141 Å². The van der Waals surface area contributed by atoms with E-state index in [-0.39, 0.29) is 11.4 Å². The molecule has 0 unspecified atom stereocenters. The van der Waals surface area contributed by atoms with E-state index in [9.17, 15) is 8.42 Å². The minimum atomic E-state index is -3.67. The Morgan fingerprint density at radius 3 is 2.67 bits per heavy atom. The van der Waals surface area contributed by atoms with Gasteiger partial charge in [0.2, 0.25) is 10.0 Å². The van der Waals surface area contributed by atoms with Crippen LogP contribution >= 0.6 is 0 Å². The molecular weight excluding hydrogens is 324 g/mol. The lowest BCUT2D eigenvalue weighted by Crippen LogP contribution is -2.23. The summed E-state index contributed by atoms with van der Waals surface area (Å²) in [5.74, 6) is 0.649. The Balaban J connectivity index is 1.96. The first-order chi connectivity index (χ1) is 11.5. The highest BCUT2D eigenvalue weighted by molar-refractivity contribution is 7.89. The van der Waals surface area contributed by atoms with Crippen molar-refractivity contribution in [1.29, 1.82) is 0 Å². The van der Waals surface area contributed by atoms with Crippen LogP contribution in [0.5, 0.6) is 5.75 Å². The molecule has 0 aliphatic heterocycles. The lowest BCUT2D eigenvalue weighted by molar-refractivity contribution is 0.409. The van der Waals surface area contributed by atoms with Crippen LogP contribution in [0.1, 0.15) is 11.1 Å². The summed E-state index contributed by atoms with van der Waals surface area (Å²) in [7, 11) is -2.11. The molecule has 2 aromatic carbocycles. The minimum absolute atomic E-state index is 0.155. The van der Waals surface area contributed by atoms with Crippen molar-refractivity contribution in [3.63, 3.8) is 0 Å². The fraction of sp³-hybridized carbons (Fsp3) is 0.167. The molecule has 0 saturated heterocycles. The van der Waals surface area contributed by atoms with Gasteiger partial charge >= 0.3 is 0 Å². The monoisotopic (exact) mass is 342 g/mol. The number of nitrogens with one attached hydrogen (secondary N) is 1. The van der Waals surface area contributed by atoms with Crippen LogP contribution in [0.2, 0.25) is 0 Å². The number of sulfonamides is 1. The number of hydrogen-bond acceptors (Lipinski definition) is 4.